The van der Waals surface area contributed by atoms with E-state index in [1.165, 1.54) is 27.8 Å². The molecular formula is C17H26O. The Hall–Kier alpha value is -0.980. The first-order valence-electron chi connectivity index (χ1n) is 7.06. The third-order valence-electron chi connectivity index (χ3n) is 4.37. The molecule has 1 aromatic carbocycles. The maximum absolute atomic E-state index is 6.25. The molecule has 18 heavy (non-hydrogen) atoms. The highest BCUT2D eigenvalue weighted by molar-refractivity contribution is 5.56. The van der Waals surface area contributed by atoms with Gasteiger partial charge in [-0.3, -0.25) is 0 Å². The minimum atomic E-state index is -0.0179. The third kappa shape index (κ3) is 2.04. The summed E-state index contributed by atoms with van der Waals surface area (Å²) < 4.78 is 6.25. The van der Waals surface area contributed by atoms with Crippen LogP contribution >= 0.6 is 0 Å². The molecule has 1 heteroatoms. The first-order valence-corrected chi connectivity index (χ1v) is 7.06. The predicted octanol–water partition coefficient (Wildman–Crippen LogP) is 4.84. The fourth-order valence-electron chi connectivity index (χ4n) is 3.27. The molecule has 1 nitrogen and oxygen atoms in total. The summed E-state index contributed by atoms with van der Waals surface area (Å²) in [6.07, 6.45) is 2.26. The van der Waals surface area contributed by atoms with E-state index in [-0.39, 0.29) is 5.60 Å². The van der Waals surface area contributed by atoms with Crippen LogP contribution < -0.4 is 4.74 Å². The molecule has 0 fully saturated rings. The smallest absolute Gasteiger partial charge is 0.126 e. The van der Waals surface area contributed by atoms with Crippen molar-refractivity contribution in [3.05, 3.63) is 27.8 Å². The second kappa shape index (κ2) is 4.29. The molecule has 0 spiro atoms. The molecule has 2 rings (SSSR count). The summed E-state index contributed by atoms with van der Waals surface area (Å²) in [6.45, 7) is 15.7. The number of fused-ring (bicyclic) bond motifs is 1. The topological polar surface area (TPSA) is 9.23 Å². The van der Waals surface area contributed by atoms with Crippen molar-refractivity contribution >= 4 is 0 Å². The Kier molecular flexibility index (Phi) is 3.21. The largest absolute Gasteiger partial charge is 0.487 e. The SMILES string of the molecule is Cc1c(C)c(C(C)C)c(C)c2c1OC(C)(C)CC2. The van der Waals surface area contributed by atoms with E-state index in [0.29, 0.717) is 5.92 Å². The second-order valence-electron chi connectivity index (χ2n) is 6.61. The van der Waals surface area contributed by atoms with Crippen molar-refractivity contribution in [1.29, 1.82) is 0 Å². The van der Waals surface area contributed by atoms with Crippen molar-refractivity contribution in [1.82, 2.24) is 0 Å². The minimum Gasteiger partial charge on any atom is -0.487 e. The van der Waals surface area contributed by atoms with E-state index in [1.807, 2.05) is 0 Å². The van der Waals surface area contributed by atoms with Crippen LogP contribution in [0.2, 0.25) is 0 Å². The van der Waals surface area contributed by atoms with Gasteiger partial charge in [0.1, 0.15) is 11.4 Å². The normalized spacial score (nSPS) is 17.6. The molecule has 0 amide bonds. The molecular weight excluding hydrogens is 220 g/mol. The van der Waals surface area contributed by atoms with Gasteiger partial charge in [0.15, 0.2) is 0 Å². The zero-order chi connectivity index (χ0) is 13.7. The average Bonchev–Trinajstić information content (AvgIpc) is 2.24. The van der Waals surface area contributed by atoms with Gasteiger partial charge in [0.05, 0.1) is 0 Å². The molecule has 100 valence electrons. The van der Waals surface area contributed by atoms with E-state index < -0.39 is 0 Å². The summed E-state index contributed by atoms with van der Waals surface area (Å²) in [4.78, 5) is 0. The summed E-state index contributed by atoms with van der Waals surface area (Å²) in [5.41, 5.74) is 7.16. The zero-order valence-electron chi connectivity index (χ0n) is 12.9. The highest BCUT2D eigenvalue weighted by Gasteiger charge is 2.30. The van der Waals surface area contributed by atoms with Crippen LogP contribution in [0.1, 0.15) is 67.9 Å². The molecule has 0 atom stereocenters. The van der Waals surface area contributed by atoms with Crippen molar-refractivity contribution in [2.24, 2.45) is 0 Å². The minimum absolute atomic E-state index is 0.0179. The van der Waals surface area contributed by atoms with E-state index in [9.17, 15) is 0 Å². The van der Waals surface area contributed by atoms with E-state index >= 15 is 0 Å². The lowest BCUT2D eigenvalue weighted by atomic mass is 9.82. The fraction of sp³-hybridized carbons (Fsp3) is 0.647. The van der Waals surface area contributed by atoms with Gasteiger partial charge in [-0.1, -0.05) is 13.8 Å². The zero-order valence-corrected chi connectivity index (χ0v) is 12.9. The van der Waals surface area contributed by atoms with Crippen molar-refractivity contribution in [3.63, 3.8) is 0 Å². The highest BCUT2D eigenvalue weighted by Crippen LogP contribution is 2.42. The molecule has 0 unspecified atom stereocenters. The molecule has 0 aliphatic carbocycles. The van der Waals surface area contributed by atoms with Crippen molar-refractivity contribution in [3.8, 4) is 5.75 Å². The predicted molar refractivity (Wildman–Crippen MR) is 77.8 cm³/mol. The first-order chi connectivity index (χ1) is 8.24. The maximum atomic E-state index is 6.25. The summed E-state index contributed by atoms with van der Waals surface area (Å²) in [6, 6.07) is 0. The summed E-state index contributed by atoms with van der Waals surface area (Å²) in [5.74, 6) is 1.74. The molecule has 0 radical (unpaired) electrons. The van der Waals surface area contributed by atoms with Gasteiger partial charge in [-0.2, -0.15) is 0 Å². The highest BCUT2D eigenvalue weighted by atomic mass is 16.5. The van der Waals surface area contributed by atoms with E-state index in [1.54, 1.807) is 0 Å². The quantitative estimate of drug-likeness (QED) is 0.689. The van der Waals surface area contributed by atoms with Crippen LogP contribution in [0.3, 0.4) is 0 Å². The molecule has 1 aromatic rings. The van der Waals surface area contributed by atoms with Crippen molar-refractivity contribution in [2.45, 2.75) is 72.8 Å². The van der Waals surface area contributed by atoms with Gasteiger partial charge in [0.2, 0.25) is 0 Å². The molecule has 0 aromatic heterocycles. The first kappa shape index (κ1) is 13.5. The molecule has 1 heterocycles. The average molecular weight is 246 g/mol. The van der Waals surface area contributed by atoms with Crippen LogP contribution in [-0.2, 0) is 6.42 Å². The second-order valence-corrected chi connectivity index (χ2v) is 6.61. The molecule has 0 saturated heterocycles. The van der Waals surface area contributed by atoms with Gasteiger partial charge in [-0.25, -0.2) is 0 Å². The number of hydrogen-bond acceptors (Lipinski definition) is 1. The number of hydrogen-bond donors (Lipinski definition) is 0. The third-order valence-corrected chi connectivity index (χ3v) is 4.37. The van der Waals surface area contributed by atoms with Crippen LogP contribution in [-0.4, -0.2) is 5.60 Å². The van der Waals surface area contributed by atoms with Crippen LogP contribution in [0.4, 0.5) is 0 Å². The molecule has 1 aliphatic heterocycles. The lowest BCUT2D eigenvalue weighted by Gasteiger charge is -2.36. The number of benzene rings is 1. The van der Waals surface area contributed by atoms with E-state index in [0.717, 1.165) is 18.6 Å². The van der Waals surface area contributed by atoms with Crippen LogP contribution in [0.5, 0.6) is 5.75 Å². The van der Waals surface area contributed by atoms with Crippen LogP contribution in [0.25, 0.3) is 0 Å². The molecule has 0 bridgehead atoms. The monoisotopic (exact) mass is 246 g/mol. The van der Waals surface area contributed by atoms with Gasteiger partial charge in [0, 0.05) is 0 Å². The molecule has 1 aliphatic rings. The van der Waals surface area contributed by atoms with Gasteiger partial charge in [-0.05, 0) is 81.2 Å². The van der Waals surface area contributed by atoms with Crippen LogP contribution in [0.15, 0.2) is 0 Å². The number of rotatable bonds is 1. The summed E-state index contributed by atoms with van der Waals surface area (Å²) in [5, 5.41) is 0. The Morgan fingerprint density at radius 2 is 1.61 bits per heavy atom. The van der Waals surface area contributed by atoms with Crippen molar-refractivity contribution < 1.29 is 4.74 Å². The van der Waals surface area contributed by atoms with E-state index in [2.05, 4.69) is 48.5 Å². The number of ether oxygens (including phenoxy) is 1. The van der Waals surface area contributed by atoms with Gasteiger partial charge in [0.25, 0.3) is 0 Å². The Bertz CT molecular complexity index is 481. The Morgan fingerprint density at radius 3 is 2.17 bits per heavy atom. The molecule has 0 N–H and O–H groups in total. The Morgan fingerprint density at radius 1 is 1.00 bits per heavy atom. The lowest BCUT2D eigenvalue weighted by Crippen LogP contribution is -2.33. The Balaban J connectivity index is 2.67. The van der Waals surface area contributed by atoms with Gasteiger partial charge in [-0.15, -0.1) is 0 Å². The lowest BCUT2D eigenvalue weighted by molar-refractivity contribution is 0.0833. The standard InChI is InChI=1S/C17H26O/c1-10(2)15-11(3)12(4)16-14(13(15)5)8-9-17(6,7)18-16/h10H,8-9H2,1-7H3. The maximum Gasteiger partial charge on any atom is 0.126 e. The van der Waals surface area contributed by atoms with Crippen molar-refractivity contribution in [2.75, 3.05) is 0 Å². The van der Waals surface area contributed by atoms with Gasteiger partial charge >= 0.3 is 0 Å². The molecule has 0 saturated carbocycles. The summed E-state index contributed by atoms with van der Waals surface area (Å²) in [7, 11) is 0. The Labute approximate surface area is 112 Å². The van der Waals surface area contributed by atoms with Gasteiger partial charge < -0.3 is 4.74 Å². The van der Waals surface area contributed by atoms with Crippen LogP contribution in [0, 0.1) is 20.8 Å². The van der Waals surface area contributed by atoms with E-state index in [4.69, 9.17) is 4.74 Å². The summed E-state index contributed by atoms with van der Waals surface area (Å²) >= 11 is 0. The fourth-order valence-corrected chi connectivity index (χ4v) is 3.27.